The molecule has 182 valence electrons. The van der Waals surface area contributed by atoms with Gasteiger partial charge >= 0.3 is 6.61 Å². The van der Waals surface area contributed by atoms with E-state index in [4.69, 9.17) is 16.3 Å². The van der Waals surface area contributed by atoms with Gasteiger partial charge in [0.1, 0.15) is 11.6 Å². The fourth-order valence-corrected chi connectivity index (χ4v) is 4.43. The lowest BCUT2D eigenvalue weighted by Gasteiger charge is -2.26. The average molecular weight is 484 g/mol. The summed E-state index contributed by atoms with van der Waals surface area (Å²) in [5, 5.41) is 10.4. The molecular weight excluding hydrogens is 452 g/mol. The molecule has 0 radical (unpaired) electrons. The van der Waals surface area contributed by atoms with Gasteiger partial charge in [-0.05, 0) is 45.4 Å². The molecule has 1 aliphatic carbocycles. The monoisotopic (exact) mass is 483 g/mol. The van der Waals surface area contributed by atoms with E-state index in [1.165, 1.54) is 16.9 Å². The van der Waals surface area contributed by atoms with Gasteiger partial charge in [-0.1, -0.05) is 31.4 Å². The predicted molar refractivity (Wildman–Crippen MR) is 125 cm³/mol. The molecule has 0 atom stereocenters. The number of alkyl halides is 2. The van der Waals surface area contributed by atoms with Crippen LogP contribution in [0.5, 0.6) is 5.75 Å². The topological polar surface area (TPSA) is 81.1 Å². The summed E-state index contributed by atoms with van der Waals surface area (Å²) >= 11 is 6.58. The molecule has 0 aliphatic heterocycles. The van der Waals surface area contributed by atoms with Crippen molar-refractivity contribution in [3.05, 3.63) is 23.0 Å². The van der Waals surface area contributed by atoms with Crippen molar-refractivity contribution in [3.8, 4) is 17.0 Å². The molecular formula is C23H32ClF2N5O2. The quantitative estimate of drug-likeness (QED) is 0.485. The van der Waals surface area contributed by atoms with Crippen LogP contribution in [-0.4, -0.2) is 39.9 Å². The van der Waals surface area contributed by atoms with Crippen molar-refractivity contribution in [3.63, 3.8) is 0 Å². The summed E-state index contributed by atoms with van der Waals surface area (Å²) in [7, 11) is 0. The number of rotatable bonds is 9. The second-order valence-corrected chi connectivity index (χ2v) is 9.28. The number of nitrogens with one attached hydrogen (secondary N) is 2. The van der Waals surface area contributed by atoms with Crippen molar-refractivity contribution in [1.82, 2.24) is 20.1 Å². The largest absolute Gasteiger partial charge is 0.434 e. The third-order valence-corrected chi connectivity index (χ3v) is 6.23. The number of carbonyl (C=O) groups excluding carboxylic acids is 1. The second kappa shape index (κ2) is 11.1. The minimum absolute atomic E-state index is 0.0511. The van der Waals surface area contributed by atoms with E-state index in [9.17, 15) is 13.6 Å². The standard InChI is InChI=1S/C23H32ClF2N5O2/c1-5-31-21(16-12-27-18(29-13(2)3)10-17(16)33-23(25)26)19(24)20(30-31)22(32)28-11-15-8-6-14(4)7-9-15/h10,12-15,23H,5-9,11H2,1-4H3,(H,27,29)(H,28,32). The zero-order chi connectivity index (χ0) is 24.1. The molecule has 0 bridgehead atoms. The van der Waals surface area contributed by atoms with Crippen LogP contribution in [0.2, 0.25) is 5.02 Å². The number of ether oxygens (including phenoxy) is 1. The van der Waals surface area contributed by atoms with Crippen molar-refractivity contribution in [2.75, 3.05) is 11.9 Å². The highest BCUT2D eigenvalue weighted by atomic mass is 35.5. The first-order valence-electron chi connectivity index (χ1n) is 11.5. The van der Waals surface area contributed by atoms with E-state index in [2.05, 4.69) is 27.6 Å². The smallest absolute Gasteiger partial charge is 0.387 e. The van der Waals surface area contributed by atoms with Crippen molar-refractivity contribution in [2.24, 2.45) is 11.8 Å². The van der Waals surface area contributed by atoms with Crippen LogP contribution in [0, 0.1) is 11.8 Å². The summed E-state index contributed by atoms with van der Waals surface area (Å²) in [5.74, 6) is 1.09. The van der Waals surface area contributed by atoms with Gasteiger partial charge < -0.3 is 15.4 Å². The highest BCUT2D eigenvalue weighted by Gasteiger charge is 2.27. The van der Waals surface area contributed by atoms with Crippen LogP contribution in [0.1, 0.15) is 63.9 Å². The Labute approximate surface area is 198 Å². The first kappa shape index (κ1) is 25.2. The van der Waals surface area contributed by atoms with Gasteiger partial charge in [0.15, 0.2) is 5.69 Å². The molecule has 1 amide bonds. The number of halogens is 3. The van der Waals surface area contributed by atoms with Crippen LogP contribution >= 0.6 is 11.6 Å². The van der Waals surface area contributed by atoms with E-state index < -0.39 is 6.61 Å². The van der Waals surface area contributed by atoms with E-state index in [1.54, 1.807) is 0 Å². The van der Waals surface area contributed by atoms with Crippen LogP contribution in [0.4, 0.5) is 14.6 Å². The lowest BCUT2D eigenvalue weighted by atomic mass is 9.83. The first-order valence-corrected chi connectivity index (χ1v) is 11.8. The fraction of sp³-hybridized carbons (Fsp3) is 0.609. The normalized spacial score (nSPS) is 18.6. The van der Waals surface area contributed by atoms with Gasteiger partial charge in [0.05, 0.1) is 16.3 Å². The lowest BCUT2D eigenvalue weighted by molar-refractivity contribution is -0.0494. The molecule has 33 heavy (non-hydrogen) atoms. The van der Waals surface area contributed by atoms with Gasteiger partial charge in [-0.25, -0.2) is 4.98 Å². The molecule has 0 unspecified atom stereocenters. The Balaban J connectivity index is 1.88. The number of aromatic nitrogens is 3. The fourth-order valence-electron chi connectivity index (χ4n) is 4.11. The summed E-state index contributed by atoms with van der Waals surface area (Å²) in [6.45, 7) is 5.80. The van der Waals surface area contributed by atoms with Gasteiger partial charge in [-0.3, -0.25) is 9.48 Å². The number of amides is 1. The number of carbonyl (C=O) groups is 1. The number of hydrogen-bond donors (Lipinski definition) is 2. The van der Waals surface area contributed by atoms with Crippen molar-refractivity contribution >= 4 is 23.3 Å². The third-order valence-electron chi connectivity index (χ3n) is 5.87. The maximum Gasteiger partial charge on any atom is 0.387 e. The minimum atomic E-state index is -3.03. The minimum Gasteiger partial charge on any atom is -0.434 e. The second-order valence-electron chi connectivity index (χ2n) is 8.91. The summed E-state index contributed by atoms with van der Waals surface area (Å²) in [6, 6.07) is 1.45. The first-order chi connectivity index (χ1) is 15.7. The maximum absolute atomic E-state index is 13.1. The van der Waals surface area contributed by atoms with E-state index in [-0.39, 0.29) is 34.0 Å². The van der Waals surface area contributed by atoms with Crippen molar-refractivity contribution in [2.45, 2.75) is 72.6 Å². The zero-order valence-electron chi connectivity index (χ0n) is 19.5. The van der Waals surface area contributed by atoms with Crippen LogP contribution in [0.25, 0.3) is 11.3 Å². The molecule has 1 fully saturated rings. The summed E-state index contributed by atoms with van der Waals surface area (Å²) < 4.78 is 32.6. The summed E-state index contributed by atoms with van der Waals surface area (Å²) in [4.78, 5) is 17.2. The molecule has 3 rings (SSSR count). The molecule has 2 aromatic heterocycles. The highest BCUT2D eigenvalue weighted by Crippen LogP contribution is 2.38. The Morgan fingerprint density at radius 2 is 2.00 bits per heavy atom. The van der Waals surface area contributed by atoms with Gasteiger partial charge in [-0.2, -0.15) is 13.9 Å². The molecule has 1 aliphatic rings. The Kier molecular flexibility index (Phi) is 8.51. The maximum atomic E-state index is 13.1. The number of anilines is 1. The van der Waals surface area contributed by atoms with E-state index >= 15 is 0 Å². The Morgan fingerprint density at radius 3 is 2.61 bits per heavy atom. The Bertz CT molecular complexity index is 959. The van der Waals surface area contributed by atoms with Gasteiger partial charge in [0.25, 0.3) is 5.91 Å². The van der Waals surface area contributed by atoms with Crippen LogP contribution < -0.4 is 15.4 Å². The molecule has 0 spiro atoms. The van der Waals surface area contributed by atoms with Crippen molar-refractivity contribution < 1.29 is 18.3 Å². The predicted octanol–water partition coefficient (Wildman–Crippen LogP) is 5.60. The van der Waals surface area contributed by atoms with Gasteiger partial charge in [-0.15, -0.1) is 0 Å². The Hall–Kier alpha value is -2.42. The molecule has 2 aromatic rings. The molecule has 2 heterocycles. The molecule has 0 saturated heterocycles. The molecule has 2 N–H and O–H groups in total. The molecule has 0 aromatic carbocycles. The van der Waals surface area contributed by atoms with E-state index in [0.717, 1.165) is 31.6 Å². The number of aryl methyl sites for hydroxylation is 1. The van der Waals surface area contributed by atoms with E-state index in [0.29, 0.717) is 30.5 Å². The summed E-state index contributed by atoms with van der Waals surface area (Å²) in [5.41, 5.74) is 0.615. The number of nitrogens with zero attached hydrogens (tertiary/aromatic N) is 3. The van der Waals surface area contributed by atoms with Crippen molar-refractivity contribution in [1.29, 1.82) is 0 Å². The third kappa shape index (κ3) is 6.34. The van der Waals surface area contributed by atoms with E-state index in [1.807, 2.05) is 20.8 Å². The number of hydrogen-bond acceptors (Lipinski definition) is 5. The lowest BCUT2D eigenvalue weighted by Crippen LogP contribution is -2.31. The number of pyridine rings is 1. The zero-order valence-corrected chi connectivity index (χ0v) is 20.3. The van der Waals surface area contributed by atoms with Crippen LogP contribution in [0.15, 0.2) is 12.3 Å². The van der Waals surface area contributed by atoms with Gasteiger partial charge in [0.2, 0.25) is 0 Å². The summed E-state index contributed by atoms with van der Waals surface area (Å²) in [6.07, 6.45) is 5.90. The van der Waals surface area contributed by atoms with Crippen LogP contribution in [0.3, 0.4) is 0 Å². The van der Waals surface area contributed by atoms with Crippen LogP contribution in [-0.2, 0) is 6.54 Å². The Morgan fingerprint density at radius 1 is 1.30 bits per heavy atom. The SMILES string of the molecule is CCn1nc(C(=O)NCC2CCC(C)CC2)c(Cl)c1-c1cnc(NC(C)C)cc1OC(F)F. The molecule has 7 nitrogen and oxygen atoms in total. The molecule has 10 heteroatoms. The highest BCUT2D eigenvalue weighted by molar-refractivity contribution is 6.36. The average Bonchev–Trinajstić information content (AvgIpc) is 3.09. The van der Waals surface area contributed by atoms with Gasteiger partial charge in [0, 0.05) is 31.4 Å². The molecule has 1 saturated carbocycles.